The number of ether oxygens (including phenoxy) is 1. The largest absolute Gasteiger partial charge is 0.492 e. The highest BCUT2D eigenvalue weighted by molar-refractivity contribution is 5.63. The van der Waals surface area contributed by atoms with Gasteiger partial charge in [0.05, 0.1) is 24.2 Å². The van der Waals surface area contributed by atoms with E-state index >= 15 is 0 Å². The predicted molar refractivity (Wildman–Crippen MR) is 90.4 cm³/mol. The number of benzene rings is 2. The molecule has 0 amide bonds. The number of nitrogens with zero attached hydrogens (tertiary/aromatic N) is 3. The predicted octanol–water partition coefficient (Wildman–Crippen LogP) is 3.90. The summed E-state index contributed by atoms with van der Waals surface area (Å²) in [5.74, 6) is 0.985. The average Bonchev–Trinajstić information content (AvgIpc) is 2.59. The van der Waals surface area contributed by atoms with E-state index in [1.807, 2.05) is 31.2 Å². The monoisotopic (exact) mass is 325 g/mol. The molecule has 24 heavy (non-hydrogen) atoms. The Morgan fingerprint density at radius 3 is 2.54 bits per heavy atom. The lowest BCUT2D eigenvalue weighted by molar-refractivity contribution is 0.342. The number of halogens is 1. The third-order valence-electron chi connectivity index (χ3n) is 3.13. The Hall–Kier alpha value is -3.22. The summed E-state index contributed by atoms with van der Waals surface area (Å²) >= 11 is 0. The Balaban J connectivity index is 1.80. The molecule has 0 radical (unpaired) electrons. The molecule has 2 N–H and O–H groups in total. The normalized spacial score (nSPS) is 10.2. The van der Waals surface area contributed by atoms with Crippen LogP contribution in [-0.4, -0.2) is 21.8 Å². The number of hydrogen-bond acceptors (Lipinski definition) is 6. The molecule has 122 valence electrons. The van der Waals surface area contributed by atoms with Crippen LogP contribution in [0.3, 0.4) is 0 Å². The fourth-order valence-corrected chi connectivity index (χ4v) is 2.09. The Labute approximate surface area is 138 Å². The Kier molecular flexibility index (Phi) is 4.81. The van der Waals surface area contributed by atoms with Gasteiger partial charge in [-0.3, -0.25) is 0 Å². The second-order valence-corrected chi connectivity index (χ2v) is 4.82. The van der Waals surface area contributed by atoms with Crippen molar-refractivity contribution in [2.75, 3.05) is 17.2 Å². The molecule has 0 aliphatic rings. The van der Waals surface area contributed by atoms with Crippen LogP contribution < -0.4 is 15.4 Å². The number of rotatable bonds is 6. The molecule has 3 rings (SSSR count). The van der Waals surface area contributed by atoms with E-state index in [0.717, 1.165) is 5.69 Å². The van der Waals surface area contributed by atoms with Crippen molar-refractivity contribution in [3.05, 3.63) is 60.5 Å². The first kappa shape index (κ1) is 15.7. The zero-order valence-corrected chi connectivity index (χ0v) is 13.0. The molecule has 2 aromatic carbocycles. The maximum absolute atomic E-state index is 13.7. The number of anilines is 4. The van der Waals surface area contributed by atoms with Gasteiger partial charge in [0.25, 0.3) is 0 Å². The van der Waals surface area contributed by atoms with E-state index in [2.05, 4.69) is 25.8 Å². The van der Waals surface area contributed by atoms with Crippen LogP contribution in [0.2, 0.25) is 0 Å². The molecule has 0 unspecified atom stereocenters. The van der Waals surface area contributed by atoms with E-state index < -0.39 is 0 Å². The van der Waals surface area contributed by atoms with E-state index in [4.69, 9.17) is 4.74 Å². The van der Waals surface area contributed by atoms with Gasteiger partial charge < -0.3 is 15.4 Å². The van der Waals surface area contributed by atoms with Crippen LogP contribution in [0, 0.1) is 5.82 Å². The molecular weight excluding hydrogens is 309 g/mol. The summed E-state index contributed by atoms with van der Waals surface area (Å²) < 4.78 is 19.2. The second-order valence-electron chi connectivity index (χ2n) is 4.82. The van der Waals surface area contributed by atoms with Crippen molar-refractivity contribution >= 4 is 23.1 Å². The first-order valence-electron chi connectivity index (χ1n) is 7.46. The van der Waals surface area contributed by atoms with Crippen LogP contribution >= 0.6 is 0 Å². The molecule has 1 heterocycles. The summed E-state index contributed by atoms with van der Waals surface area (Å²) in [6.07, 6.45) is 1.42. The van der Waals surface area contributed by atoms with E-state index in [1.54, 1.807) is 18.2 Å². The van der Waals surface area contributed by atoms with Crippen LogP contribution in [0.5, 0.6) is 5.75 Å². The molecule has 0 atom stereocenters. The van der Waals surface area contributed by atoms with Crippen molar-refractivity contribution in [1.82, 2.24) is 15.2 Å². The lowest BCUT2D eigenvalue weighted by atomic mass is 10.3. The van der Waals surface area contributed by atoms with E-state index in [-0.39, 0.29) is 11.8 Å². The number of para-hydroxylation sites is 3. The molecule has 0 saturated carbocycles. The van der Waals surface area contributed by atoms with Crippen LogP contribution in [0.15, 0.2) is 54.7 Å². The van der Waals surface area contributed by atoms with E-state index in [9.17, 15) is 4.39 Å². The van der Waals surface area contributed by atoms with Crippen LogP contribution in [0.25, 0.3) is 0 Å². The Morgan fingerprint density at radius 1 is 1.00 bits per heavy atom. The number of aromatic nitrogens is 3. The Bertz CT molecular complexity index is 827. The van der Waals surface area contributed by atoms with Gasteiger partial charge >= 0.3 is 0 Å². The molecule has 0 bridgehead atoms. The first-order valence-corrected chi connectivity index (χ1v) is 7.46. The minimum atomic E-state index is -0.368. The molecule has 0 aliphatic carbocycles. The molecular formula is C17H16FN5O. The lowest BCUT2D eigenvalue weighted by Crippen LogP contribution is -2.04. The first-order chi connectivity index (χ1) is 11.8. The summed E-state index contributed by atoms with van der Waals surface area (Å²) in [5, 5.41) is 13.8. The summed E-state index contributed by atoms with van der Waals surface area (Å²) in [6.45, 7) is 2.46. The van der Waals surface area contributed by atoms with Gasteiger partial charge in [-0.1, -0.05) is 24.3 Å². The molecule has 6 nitrogen and oxygen atoms in total. The SMILES string of the molecule is CCOc1ccccc1Nc1nncc(Nc2ccccc2F)n1. The van der Waals surface area contributed by atoms with Crippen molar-refractivity contribution < 1.29 is 9.13 Å². The smallest absolute Gasteiger partial charge is 0.249 e. The van der Waals surface area contributed by atoms with E-state index in [0.29, 0.717) is 23.9 Å². The fraction of sp³-hybridized carbons (Fsp3) is 0.118. The molecule has 0 aliphatic heterocycles. The highest BCUT2D eigenvalue weighted by Gasteiger charge is 2.07. The number of hydrogen-bond donors (Lipinski definition) is 2. The maximum Gasteiger partial charge on any atom is 0.249 e. The maximum atomic E-state index is 13.7. The summed E-state index contributed by atoms with van der Waals surface area (Å²) in [4.78, 5) is 4.29. The Morgan fingerprint density at radius 2 is 1.75 bits per heavy atom. The molecule has 0 saturated heterocycles. The van der Waals surface area contributed by atoms with Gasteiger partial charge in [-0.25, -0.2) is 4.39 Å². The molecule has 0 spiro atoms. The van der Waals surface area contributed by atoms with Crippen molar-refractivity contribution in [2.45, 2.75) is 6.92 Å². The van der Waals surface area contributed by atoms with E-state index in [1.165, 1.54) is 12.3 Å². The zero-order valence-electron chi connectivity index (χ0n) is 13.0. The van der Waals surface area contributed by atoms with Crippen LogP contribution in [0.4, 0.5) is 27.5 Å². The van der Waals surface area contributed by atoms with Crippen molar-refractivity contribution in [3.8, 4) is 5.75 Å². The molecule has 0 fully saturated rings. The minimum Gasteiger partial charge on any atom is -0.492 e. The van der Waals surface area contributed by atoms with Crippen molar-refractivity contribution in [3.63, 3.8) is 0 Å². The molecule has 7 heteroatoms. The van der Waals surface area contributed by atoms with Gasteiger partial charge in [0.2, 0.25) is 5.95 Å². The van der Waals surface area contributed by atoms with Gasteiger partial charge in [0.15, 0.2) is 5.82 Å². The van der Waals surface area contributed by atoms with Gasteiger partial charge in [-0.15, -0.1) is 5.10 Å². The van der Waals surface area contributed by atoms with Crippen molar-refractivity contribution in [1.29, 1.82) is 0 Å². The topological polar surface area (TPSA) is 72.0 Å². The standard InChI is InChI=1S/C17H16FN5O/c1-2-24-15-10-6-5-9-14(15)21-17-22-16(11-19-23-17)20-13-8-4-3-7-12(13)18/h3-11H,2H2,1H3,(H2,20,21,22,23). The van der Waals surface area contributed by atoms with Crippen molar-refractivity contribution in [2.24, 2.45) is 0 Å². The van der Waals surface area contributed by atoms with Gasteiger partial charge in [-0.2, -0.15) is 10.1 Å². The number of nitrogens with one attached hydrogen (secondary N) is 2. The highest BCUT2D eigenvalue weighted by atomic mass is 19.1. The summed E-state index contributed by atoms with van der Waals surface area (Å²) in [7, 11) is 0. The van der Waals surface area contributed by atoms with Gasteiger partial charge in [0.1, 0.15) is 11.6 Å². The van der Waals surface area contributed by atoms with Gasteiger partial charge in [0, 0.05) is 0 Å². The summed E-state index contributed by atoms with van der Waals surface area (Å²) in [5.41, 5.74) is 1.04. The quantitative estimate of drug-likeness (QED) is 0.716. The molecule has 3 aromatic rings. The fourth-order valence-electron chi connectivity index (χ4n) is 2.09. The minimum absolute atomic E-state index is 0.281. The average molecular weight is 325 g/mol. The van der Waals surface area contributed by atoms with Gasteiger partial charge in [-0.05, 0) is 31.2 Å². The zero-order chi connectivity index (χ0) is 16.8. The third kappa shape index (κ3) is 3.75. The summed E-state index contributed by atoms with van der Waals surface area (Å²) in [6, 6.07) is 13.8. The lowest BCUT2D eigenvalue weighted by Gasteiger charge is -2.11. The third-order valence-corrected chi connectivity index (χ3v) is 3.13. The van der Waals surface area contributed by atoms with Crippen LogP contribution in [-0.2, 0) is 0 Å². The molecule has 1 aromatic heterocycles. The highest BCUT2D eigenvalue weighted by Crippen LogP contribution is 2.26. The van der Waals surface area contributed by atoms with Crippen LogP contribution in [0.1, 0.15) is 6.92 Å². The second kappa shape index (κ2) is 7.36.